The molecule has 0 N–H and O–H groups in total. The number of esters is 1. The number of para-hydroxylation sites is 1. The Labute approximate surface area is 251 Å². The number of amides is 1. The van der Waals surface area contributed by atoms with Crippen molar-refractivity contribution >= 4 is 46.7 Å². The summed E-state index contributed by atoms with van der Waals surface area (Å²) in [5, 5.41) is 1.04. The maximum atomic E-state index is 13.2. The van der Waals surface area contributed by atoms with Crippen LogP contribution in [0.3, 0.4) is 0 Å². The van der Waals surface area contributed by atoms with Crippen LogP contribution in [0, 0.1) is 12.8 Å². The minimum Gasteiger partial charge on any atom is -0.466 e. The standard InChI is InChI=1S/C31H36ClN5O3S/c1-3-40-30(39)24-11-13-37(14-12-24)29(38)25-9-6-8-23(19-25)21-41-31-33-27(32)20-28(34-31)36-17-15-35(16-18-36)26-10-5-4-7-22(26)2/h4-10,19-20,24H,3,11-18,21H2,1-2H3. The number of nitrogens with zero attached hydrogens (tertiary/aromatic N) is 5. The normalized spacial score (nSPS) is 16.1. The molecule has 216 valence electrons. The zero-order valence-corrected chi connectivity index (χ0v) is 25.2. The van der Waals surface area contributed by atoms with E-state index in [0.717, 1.165) is 37.6 Å². The number of benzene rings is 2. The fourth-order valence-corrected chi connectivity index (χ4v) is 6.43. The molecule has 0 saturated carbocycles. The number of thioether (sulfide) groups is 1. The van der Waals surface area contributed by atoms with Gasteiger partial charge in [-0.1, -0.05) is 53.7 Å². The number of halogens is 1. The first-order valence-electron chi connectivity index (χ1n) is 14.2. The molecule has 8 nitrogen and oxygen atoms in total. The summed E-state index contributed by atoms with van der Waals surface area (Å²) in [7, 11) is 0. The van der Waals surface area contributed by atoms with Crippen molar-refractivity contribution in [3.8, 4) is 0 Å². The first-order chi connectivity index (χ1) is 19.9. The number of rotatable bonds is 8. The summed E-state index contributed by atoms with van der Waals surface area (Å²) in [4.78, 5) is 41.0. The molecule has 10 heteroatoms. The lowest BCUT2D eigenvalue weighted by Crippen LogP contribution is -2.47. The van der Waals surface area contributed by atoms with Crippen LogP contribution in [0.1, 0.15) is 41.3 Å². The lowest BCUT2D eigenvalue weighted by molar-refractivity contribution is -0.149. The Hall–Kier alpha value is -3.30. The van der Waals surface area contributed by atoms with E-state index in [0.29, 0.717) is 54.2 Å². The molecule has 3 heterocycles. The van der Waals surface area contributed by atoms with E-state index in [2.05, 4.69) is 46.0 Å². The molecule has 2 aliphatic heterocycles. The summed E-state index contributed by atoms with van der Waals surface area (Å²) >= 11 is 7.93. The second kappa shape index (κ2) is 13.6. The summed E-state index contributed by atoms with van der Waals surface area (Å²) in [6.45, 7) is 8.99. The highest BCUT2D eigenvalue weighted by Crippen LogP contribution is 2.28. The molecule has 0 unspecified atom stereocenters. The van der Waals surface area contributed by atoms with Crippen molar-refractivity contribution in [1.82, 2.24) is 14.9 Å². The van der Waals surface area contributed by atoms with Gasteiger partial charge in [0.05, 0.1) is 12.5 Å². The van der Waals surface area contributed by atoms with Crippen molar-refractivity contribution in [2.75, 3.05) is 55.7 Å². The predicted octanol–water partition coefficient (Wildman–Crippen LogP) is 5.47. The smallest absolute Gasteiger partial charge is 0.309 e. The van der Waals surface area contributed by atoms with Crippen LogP contribution >= 0.6 is 23.4 Å². The van der Waals surface area contributed by atoms with Gasteiger partial charge in [-0.2, -0.15) is 0 Å². The molecule has 2 aromatic carbocycles. The van der Waals surface area contributed by atoms with Gasteiger partial charge in [0.1, 0.15) is 11.0 Å². The van der Waals surface area contributed by atoms with Crippen molar-refractivity contribution in [3.05, 3.63) is 76.4 Å². The number of hydrogen-bond acceptors (Lipinski definition) is 8. The zero-order valence-electron chi connectivity index (χ0n) is 23.6. The van der Waals surface area contributed by atoms with Crippen LogP contribution in [-0.4, -0.2) is 72.6 Å². The van der Waals surface area contributed by atoms with Gasteiger partial charge in [0.25, 0.3) is 5.91 Å². The van der Waals surface area contributed by atoms with E-state index < -0.39 is 0 Å². The SMILES string of the molecule is CCOC(=O)C1CCN(C(=O)c2cccc(CSc3nc(Cl)cc(N4CCN(c5ccccc5C)CC4)n3)c2)CC1. The van der Waals surface area contributed by atoms with Gasteiger partial charge in [0.2, 0.25) is 0 Å². The van der Waals surface area contributed by atoms with Crippen LogP contribution in [0.2, 0.25) is 5.15 Å². The number of carbonyl (C=O) groups excluding carboxylic acids is 2. The Balaban J connectivity index is 1.17. The Kier molecular flexibility index (Phi) is 9.67. The van der Waals surface area contributed by atoms with E-state index >= 15 is 0 Å². The maximum absolute atomic E-state index is 13.2. The average Bonchev–Trinajstić information content (AvgIpc) is 3.00. The minimum absolute atomic E-state index is 0.00899. The van der Waals surface area contributed by atoms with Crippen molar-refractivity contribution in [2.24, 2.45) is 5.92 Å². The lowest BCUT2D eigenvalue weighted by Gasteiger charge is -2.37. The molecule has 0 spiro atoms. The van der Waals surface area contributed by atoms with Crippen LogP contribution in [0.4, 0.5) is 11.5 Å². The van der Waals surface area contributed by atoms with Crippen LogP contribution in [-0.2, 0) is 15.3 Å². The molecule has 3 aromatic rings. The number of aromatic nitrogens is 2. The van der Waals surface area contributed by atoms with Crippen LogP contribution < -0.4 is 9.80 Å². The second-order valence-corrected chi connectivity index (χ2v) is 11.7. The highest BCUT2D eigenvalue weighted by molar-refractivity contribution is 7.98. The Morgan fingerprint density at radius 2 is 1.68 bits per heavy atom. The van der Waals surface area contributed by atoms with Crippen molar-refractivity contribution in [1.29, 1.82) is 0 Å². The fraction of sp³-hybridized carbons (Fsp3) is 0.419. The average molecular weight is 594 g/mol. The van der Waals surface area contributed by atoms with E-state index in [9.17, 15) is 9.59 Å². The summed E-state index contributed by atoms with van der Waals surface area (Å²) in [5.41, 5.74) is 4.23. The predicted molar refractivity (Wildman–Crippen MR) is 164 cm³/mol. The monoisotopic (exact) mass is 593 g/mol. The van der Waals surface area contributed by atoms with Gasteiger partial charge in [0.15, 0.2) is 5.16 Å². The first-order valence-corrected chi connectivity index (χ1v) is 15.6. The fourth-order valence-electron chi connectivity index (χ4n) is 5.41. The maximum Gasteiger partial charge on any atom is 0.309 e. The molecular formula is C31H36ClN5O3S. The third-order valence-corrected chi connectivity index (χ3v) is 8.78. The van der Waals surface area contributed by atoms with Gasteiger partial charge >= 0.3 is 5.97 Å². The van der Waals surface area contributed by atoms with E-state index in [-0.39, 0.29) is 17.8 Å². The number of carbonyl (C=O) groups is 2. The molecule has 5 rings (SSSR count). The summed E-state index contributed by atoms with van der Waals surface area (Å²) in [5.74, 6) is 1.17. The number of piperazine rings is 1. The molecule has 41 heavy (non-hydrogen) atoms. The van der Waals surface area contributed by atoms with Gasteiger partial charge in [-0.25, -0.2) is 9.97 Å². The number of aryl methyl sites for hydroxylation is 1. The molecule has 1 amide bonds. The van der Waals surface area contributed by atoms with Gasteiger partial charge in [-0.15, -0.1) is 0 Å². The molecule has 2 aliphatic rings. The van der Waals surface area contributed by atoms with Crippen molar-refractivity contribution in [2.45, 2.75) is 37.6 Å². The lowest BCUT2D eigenvalue weighted by atomic mass is 9.96. The number of piperidine rings is 1. The Morgan fingerprint density at radius 3 is 2.41 bits per heavy atom. The van der Waals surface area contributed by atoms with Gasteiger partial charge < -0.3 is 19.4 Å². The number of hydrogen-bond donors (Lipinski definition) is 0. The summed E-state index contributed by atoms with van der Waals surface area (Å²) in [6, 6.07) is 18.0. The third kappa shape index (κ3) is 7.32. The van der Waals surface area contributed by atoms with Crippen molar-refractivity contribution in [3.63, 3.8) is 0 Å². The van der Waals surface area contributed by atoms with E-state index in [1.807, 2.05) is 42.2 Å². The number of anilines is 2. The number of likely N-dealkylation sites (tertiary alicyclic amines) is 1. The quantitative estimate of drug-likeness (QED) is 0.147. The topological polar surface area (TPSA) is 78.9 Å². The van der Waals surface area contributed by atoms with E-state index in [4.69, 9.17) is 21.3 Å². The molecule has 0 radical (unpaired) electrons. The van der Waals surface area contributed by atoms with Crippen LogP contribution in [0.15, 0.2) is 59.8 Å². The van der Waals surface area contributed by atoms with Gasteiger partial charge in [-0.05, 0) is 56.0 Å². The van der Waals surface area contributed by atoms with Gasteiger partial charge in [-0.3, -0.25) is 9.59 Å². The highest BCUT2D eigenvalue weighted by atomic mass is 35.5. The number of ether oxygens (including phenoxy) is 1. The van der Waals surface area contributed by atoms with E-state index in [1.165, 1.54) is 23.0 Å². The van der Waals surface area contributed by atoms with Crippen LogP contribution in [0.5, 0.6) is 0 Å². The highest BCUT2D eigenvalue weighted by Gasteiger charge is 2.28. The summed E-state index contributed by atoms with van der Waals surface area (Å²) < 4.78 is 5.15. The largest absolute Gasteiger partial charge is 0.466 e. The Morgan fingerprint density at radius 1 is 0.951 bits per heavy atom. The Bertz CT molecular complexity index is 1370. The molecule has 1 aromatic heterocycles. The van der Waals surface area contributed by atoms with Gasteiger partial charge in [0, 0.05) is 62.3 Å². The molecule has 0 atom stereocenters. The molecule has 0 aliphatic carbocycles. The summed E-state index contributed by atoms with van der Waals surface area (Å²) in [6.07, 6.45) is 1.27. The second-order valence-electron chi connectivity index (χ2n) is 10.4. The third-order valence-electron chi connectivity index (χ3n) is 7.66. The molecule has 0 bridgehead atoms. The van der Waals surface area contributed by atoms with Crippen molar-refractivity contribution < 1.29 is 14.3 Å². The van der Waals surface area contributed by atoms with E-state index in [1.54, 1.807) is 0 Å². The zero-order chi connectivity index (χ0) is 28.8. The van der Waals surface area contributed by atoms with Crippen LogP contribution in [0.25, 0.3) is 0 Å². The molecule has 2 saturated heterocycles. The molecular weight excluding hydrogens is 558 g/mol. The molecule has 2 fully saturated rings. The minimum atomic E-state index is -0.158. The first kappa shape index (κ1) is 29.2.